The van der Waals surface area contributed by atoms with Gasteiger partial charge in [-0.3, -0.25) is 4.68 Å². The van der Waals surface area contributed by atoms with Crippen molar-refractivity contribution in [3.05, 3.63) is 47.8 Å². The van der Waals surface area contributed by atoms with Crippen molar-refractivity contribution in [2.75, 3.05) is 6.54 Å². The van der Waals surface area contributed by atoms with Gasteiger partial charge in [0.15, 0.2) is 0 Å². The van der Waals surface area contributed by atoms with Gasteiger partial charge in [0.1, 0.15) is 5.75 Å². The molecular formula is C16H22N4O2. The molecule has 2 rings (SSSR count). The Hall–Kier alpha value is -2.50. The normalized spacial score (nSPS) is 11.9. The lowest BCUT2D eigenvalue weighted by molar-refractivity contribution is 0.238. The van der Waals surface area contributed by atoms with Gasteiger partial charge in [-0.15, -0.1) is 0 Å². The SMILES string of the molecule is CC(NC(=O)NCCCc1ccc(O)cc1)c1cnn(C)c1. The second kappa shape index (κ2) is 7.49. The van der Waals surface area contributed by atoms with Crippen LogP contribution in [0.1, 0.15) is 30.5 Å². The molecule has 1 heterocycles. The fourth-order valence-corrected chi connectivity index (χ4v) is 2.15. The molecule has 6 heteroatoms. The van der Waals surface area contributed by atoms with E-state index < -0.39 is 0 Å². The molecule has 6 nitrogen and oxygen atoms in total. The lowest BCUT2D eigenvalue weighted by Gasteiger charge is -2.13. The molecular weight excluding hydrogens is 280 g/mol. The summed E-state index contributed by atoms with van der Waals surface area (Å²) in [5, 5.41) is 19.0. The van der Waals surface area contributed by atoms with Crippen molar-refractivity contribution < 1.29 is 9.90 Å². The number of carbonyl (C=O) groups is 1. The van der Waals surface area contributed by atoms with Gasteiger partial charge in [-0.25, -0.2) is 4.79 Å². The molecule has 3 N–H and O–H groups in total. The Balaban J connectivity index is 1.66. The summed E-state index contributed by atoms with van der Waals surface area (Å²) in [7, 11) is 1.85. The highest BCUT2D eigenvalue weighted by molar-refractivity contribution is 5.74. The molecule has 1 atom stereocenters. The van der Waals surface area contributed by atoms with Crippen LogP contribution in [-0.2, 0) is 13.5 Å². The summed E-state index contributed by atoms with van der Waals surface area (Å²) in [5.41, 5.74) is 2.12. The third-order valence-corrected chi connectivity index (χ3v) is 3.44. The first-order valence-electron chi connectivity index (χ1n) is 7.35. The standard InChI is InChI=1S/C16H22N4O2/c1-12(14-10-18-20(2)11-14)19-16(22)17-9-3-4-13-5-7-15(21)8-6-13/h5-8,10-12,21H,3-4,9H2,1-2H3,(H2,17,19,22). The van der Waals surface area contributed by atoms with Crippen LogP contribution >= 0.6 is 0 Å². The molecule has 0 saturated heterocycles. The van der Waals surface area contributed by atoms with E-state index in [1.54, 1.807) is 23.0 Å². The number of aryl methyl sites for hydroxylation is 2. The molecule has 0 spiro atoms. The third kappa shape index (κ3) is 4.80. The summed E-state index contributed by atoms with van der Waals surface area (Å²) in [4.78, 5) is 11.8. The fraction of sp³-hybridized carbons (Fsp3) is 0.375. The van der Waals surface area contributed by atoms with Crippen LogP contribution in [0.25, 0.3) is 0 Å². The average Bonchev–Trinajstić information content (AvgIpc) is 2.92. The minimum atomic E-state index is -0.179. The molecule has 2 amide bonds. The number of nitrogens with one attached hydrogen (secondary N) is 2. The molecule has 0 saturated carbocycles. The van der Waals surface area contributed by atoms with E-state index in [9.17, 15) is 9.90 Å². The minimum absolute atomic E-state index is 0.0780. The quantitative estimate of drug-likeness (QED) is 0.715. The molecule has 0 aliphatic rings. The number of phenols is 1. The van der Waals surface area contributed by atoms with Crippen molar-refractivity contribution in [3.8, 4) is 5.75 Å². The van der Waals surface area contributed by atoms with Crippen molar-refractivity contribution in [2.45, 2.75) is 25.8 Å². The summed E-state index contributed by atoms with van der Waals surface area (Å²) in [5.74, 6) is 0.269. The molecule has 0 bridgehead atoms. The van der Waals surface area contributed by atoms with Crippen LogP contribution in [-0.4, -0.2) is 27.5 Å². The molecule has 2 aromatic rings. The van der Waals surface area contributed by atoms with Crippen molar-refractivity contribution >= 4 is 6.03 Å². The summed E-state index contributed by atoms with van der Waals surface area (Å²) in [6, 6.07) is 6.86. The zero-order chi connectivity index (χ0) is 15.9. The van der Waals surface area contributed by atoms with Gasteiger partial charge in [0, 0.05) is 25.4 Å². The first kappa shape index (κ1) is 15.9. The Kier molecular flexibility index (Phi) is 5.41. The number of urea groups is 1. The predicted molar refractivity (Wildman–Crippen MR) is 84.6 cm³/mol. The van der Waals surface area contributed by atoms with E-state index in [0.717, 1.165) is 24.0 Å². The maximum Gasteiger partial charge on any atom is 0.315 e. The van der Waals surface area contributed by atoms with Gasteiger partial charge >= 0.3 is 6.03 Å². The number of phenolic OH excluding ortho intramolecular Hbond substituents is 1. The van der Waals surface area contributed by atoms with E-state index in [1.165, 1.54) is 0 Å². The number of nitrogens with zero attached hydrogens (tertiary/aromatic N) is 2. The highest BCUT2D eigenvalue weighted by atomic mass is 16.3. The molecule has 0 radical (unpaired) electrons. The van der Waals surface area contributed by atoms with Gasteiger partial charge in [0.2, 0.25) is 0 Å². The van der Waals surface area contributed by atoms with Gasteiger partial charge in [0.05, 0.1) is 12.2 Å². The van der Waals surface area contributed by atoms with Crippen molar-refractivity contribution in [3.63, 3.8) is 0 Å². The predicted octanol–water partition coefficient (Wildman–Crippen LogP) is 2.12. The Labute approximate surface area is 130 Å². The van der Waals surface area contributed by atoms with Crippen LogP contribution in [0.4, 0.5) is 4.79 Å². The monoisotopic (exact) mass is 302 g/mol. The number of aromatic hydroxyl groups is 1. The number of benzene rings is 1. The van der Waals surface area contributed by atoms with Crippen LogP contribution in [0.15, 0.2) is 36.7 Å². The van der Waals surface area contributed by atoms with Gasteiger partial charge in [-0.2, -0.15) is 5.10 Å². The molecule has 0 fully saturated rings. The maximum atomic E-state index is 11.8. The molecule has 1 aromatic heterocycles. The molecule has 0 aliphatic carbocycles. The smallest absolute Gasteiger partial charge is 0.315 e. The number of aromatic nitrogens is 2. The van der Waals surface area contributed by atoms with E-state index in [4.69, 9.17) is 0 Å². The van der Waals surface area contributed by atoms with Crippen molar-refractivity contribution in [1.29, 1.82) is 0 Å². The first-order chi connectivity index (χ1) is 10.5. The first-order valence-corrected chi connectivity index (χ1v) is 7.35. The number of hydrogen-bond donors (Lipinski definition) is 3. The molecule has 1 unspecified atom stereocenters. The van der Waals surface area contributed by atoms with Gasteiger partial charge in [-0.1, -0.05) is 12.1 Å². The Bertz CT molecular complexity index is 607. The lowest BCUT2D eigenvalue weighted by atomic mass is 10.1. The zero-order valence-corrected chi connectivity index (χ0v) is 12.9. The van der Waals surface area contributed by atoms with Crippen molar-refractivity contribution in [2.24, 2.45) is 7.05 Å². The largest absolute Gasteiger partial charge is 0.508 e. The van der Waals surface area contributed by atoms with E-state index in [0.29, 0.717) is 6.54 Å². The number of rotatable bonds is 6. The molecule has 22 heavy (non-hydrogen) atoms. The second-order valence-corrected chi connectivity index (χ2v) is 5.34. The van der Waals surface area contributed by atoms with Gasteiger partial charge < -0.3 is 15.7 Å². The number of amides is 2. The minimum Gasteiger partial charge on any atom is -0.508 e. The van der Waals surface area contributed by atoms with E-state index in [1.807, 2.05) is 32.3 Å². The summed E-state index contributed by atoms with van der Waals surface area (Å²) < 4.78 is 1.71. The topological polar surface area (TPSA) is 79.2 Å². The zero-order valence-electron chi connectivity index (χ0n) is 12.9. The van der Waals surface area contributed by atoms with Crippen molar-refractivity contribution in [1.82, 2.24) is 20.4 Å². The highest BCUT2D eigenvalue weighted by Crippen LogP contribution is 2.11. The highest BCUT2D eigenvalue weighted by Gasteiger charge is 2.10. The molecule has 118 valence electrons. The average molecular weight is 302 g/mol. The van der Waals surface area contributed by atoms with Gasteiger partial charge in [-0.05, 0) is 37.5 Å². The van der Waals surface area contributed by atoms with E-state index in [2.05, 4.69) is 15.7 Å². The summed E-state index contributed by atoms with van der Waals surface area (Å²) in [6.07, 6.45) is 5.34. The number of carbonyl (C=O) groups excluding carboxylic acids is 1. The van der Waals surface area contributed by atoms with Crippen LogP contribution in [0.2, 0.25) is 0 Å². The van der Waals surface area contributed by atoms with E-state index in [-0.39, 0.29) is 17.8 Å². The Morgan fingerprint density at radius 1 is 1.36 bits per heavy atom. The van der Waals surface area contributed by atoms with Gasteiger partial charge in [0.25, 0.3) is 0 Å². The Morgan fingerprint density at radius 2 is 2.09 bits per heavy atom. The third-order valence-electron chi connectivity index (χ3n) is 3.44. The van der Waals surface area contributed by atoms with Crippen LogP contribution in [0.3, 0.4) is 0 Å². The summed E-state index contributed by atoms with van der Waals surface area (Å²) >= 11 is 0. The Morgan fingerprint density at radius 3 is 2.73 bits per heavy atom. The second-order valence-electron chi connectivity index (χ2n) is 5.34. The molecule has 0 aliphatic heterocycles. The fourth-order valence-electron chi connectivity index (χ4n) is 2.15. The molecule has 1 aromatic carbocycles. The summed E-state index contributed by atoms with van der Waals surface area (Å²) in [6.45, 7) is 2.53. The lowest BCUT2D eigenvalue weighted by Crippen LogP contribution is -2.37. The van der Waals surface area contributed by atoms with E-state index >= 15 is 0 Å². The number of hydrogen-bond acceptors (Lipinski definition) is 3. The van der Waals surface area contributed by atoms with Crippen LogP contribution in [0, 0.1) is 0 Å². The van der Waals surface area contributed by atoms with Crippen LogP contribution < -0.4 is 10.6 Å². The van der Waals surface area contributed by atoms with Crippen LogP contribution in [0.5, 0.6) is 5.75 Å². The maximum absolute atomic E-state index is 11.8.